The number of rotatable bonds is 4. The molecule has 3 aromatic carbocycles. The maximum Gasteiger partial charge on any atom is 0.262 e. The molecular weight excluding hydrogens is 357 g/mol. The van der Waals surface area contributed by atoms with E-state index >= 15 is 0 Å². The van der Waals surface area contributed by atoms with E-state index in [1.54, 1.807) is 61.7 Å². The number of halogens is 2. The maximum atomic E-state index is 13.2. The van der Waals surface area contributed by atoms with E-state index in [1.807, 2.05) is 18.2 Å². The van der Waals surface area contributed by atoms with Gasteiger partial charge in [-0.05, 0) is 48.5 Å². The summed E-state index contributed by atoms with van der Waals surface area (Å²) in [5.41, 5.74) is 1.63. The third kappa shape index (κ3) is 3.63. The molecule has 0 N–H and O–H groups in total. The highest BCUT2D eigenvalue weighted by Gasteiger charge is 2.24. The molecular formula is C20H15Cl2NO2. The van der Waals surface area contributed by atoms with Gasteiger partial charge in [0.1, 0.15) is 5.75 Å². The first kappa shape index (κ1) is 17.3. The molecule has 0 aliphatic heterocycles. The zero-order chi connectivity index (χ0) is 17.8. The molecule has 3 rings (SSSR count). The minimum atomic E-state index is -0.222. The third-order valence-corrected chi connectivity index (χ3v) is 4.33. The van der Waals surface area contributed by atoms with Crippen molar-refractivity contribution >= 4 is 40.5 Å². The molecule has 126 valence electrons. The molecule has 3 aromatic rings. The van der Waals surface area contributed by atoms with Crippen molar-refractivity contribution in [2.75, 3.05) is 12.0 Å². The lowest BCUT2D eigenvalue weighted by atomic mass is 10.1. The monoisotopic (exact) mass is 371 g/mol. The van der Waals surface area contributed by atoms with Crippen molar-refractivity contribution in [1.82, 2.24) is 0 Å². The topological polar surface area (TPSA) is 29.5 Å². The molecule has 0 saturated carbocycles. The fourth-order valence-electron chi connectivity index (χ4n) is 2.49. The standard InChI is InChI=1S/C20H15Cl2NO2/c1-25-16-12-10-15(11-13-16)23(19-17(21)8-5-9-18(19)22)20(24)14-6-3-2-4-7-14/h2-13H,1H3. The molecule has 25 heavy (non-hydrogen) atoms. The molecule has 0 aliphatic carbocycles. The highest BCUT2D eigenvalue weighted by atomic mass is 35.5. The van der Waals surface area contributed by atoms with Crippen molar-refractivity contribution in [3.8, 4) is 5.75 Å². The van der Waals surface area contributed by atoms with Crippen LogP contribution in [-0.4, -0.2) is 13.0 Å². The molecule has 0 radical (unpaired) electrons. The Balaban J connectivity index is 2.16. The first-order chi connectivity index (χ1) is 12.1. The van der Waals surface area contributed by atoms with Crippen LogP contribution < -0.4 is 9.64 Å². The Morgan fingerprint density at radius 1 is 0.840 bits per heavy atom. The quantitative estimate of drug-likeness (QED) is 0.564. The van der Waals surface area contributed by atoms with E-state index in [2.05, 4.69) is 0 Å². The first-order valence-electron chi connectivity index (χ1n) is 7.59. The van der Waals surface area contributed by atoms with Crippen LogP contribution in [0.15, 0.2) is 72.8 Å². The molecule has 3 nitrogen and oxygen atoms in total. The SMILES string of the molecule is COc1ccc(N(C(=O)c2ccccc2)c2c(Cl)cccc2Cl)cc1. The van der Waals surface area contributed by atoms with Crippen LogP contribution in [0.1, 0.15) is 10.4 Å². The summed E-state index contributed by atoms with van der Waals surface area (Å²) in [6.45, 7) is 0. The van der Waals surface area contributed by atoms with E-state index < -0.39 is 0 Å². The van der Waals surface area contributed by atoms with Crippen LogP contribution in [0, 0.1) is 0 Å². The average Bonchev–Trinajstić information content (AvgIpc) is 2.65. The van der Waals surface area contributed by atoms with Gasteiger partial charge in [0.2, 0.25) is 0 Å². The summed E-state index contributed by atoms with van der Waals surface area (Å²) < 4.78 is 5.19. The van der Waals surface area contributed by atoms with Gasteiger partial charge in [0.05, 0.1) is 22.8 Å². The minimum Gasteiger partial charge on any atom is -0.497 e. The summed E-state index contributed by atoms with van der Waals surface area (Å²) in [5, 5.41) is 0.792. The Kier molecular flexibility index (Phi) is 5.27. The van der Waals surface area contributed by atoms with Gasteiger partial charge in [-0.25, -0.2) is 0 Å². The van der Waals surface area contributed by atoms with Crippen molar-refractivity contribution in [2.24, 2.45) is 0 Å². The van der Waals surface area contributed by atoms with Crippen LogP contribution in [0.25, 0.3) is 0 Å². The third-order valence-electron chi connectivity index (χ3n) is 3.72. The number of methoxy groups -OCH3 is 1. The number of amides is 1. The summed E-state index contributed by atoms with van der Waals surface area (Å²) in [5.74, 6) is 0.474. The number of ether oxygens (including phenoxy) is 1. The molecule has 0 aromatic heterocycles. The second kappa shape index (κ2) is 7.60. The second-order valence-electron chi connectivity index (χ2n) is 5.27. The van der Waals surface area contributed by atoms with Gasteiger partial charge < -0.3 is 4.74 Å². The number of para-hydroxylation sites is 1. The van der Waals surface area contributed by atoms with E-state index in [4.69, 9.17) is 27.9 Å². The minimum absolute atomic E-state index is 0.222. The number of hydrogen-bond acceptors (Lipinski definition) is 2. The fourth-order valence-corrected chi connectivity index (χ4v) is 3.06. The van der Waals surface area contributed by atoms with Crippen LogP contribution in [0.5, 0.6) is 5.75 Å². The predicted octanol–water partition coefficient (Wildman–Crippen LogP) is 5.98. The highest BCUT2D eigenvalue weighted by Crippen LogP contribution is 2.39. The molecule has 0 saturated heterocycles. The molecule has 0 fully saturated rings. The fraction of sp³-hybridized carbons (Fsp3) is 0.0500. The molecule has 1 amide bonds. The van der Waals surface area contributed by atoms with Gasteiger partial charge in [0.25, 0.3) is 5.91 Å². The van der Waals surface area contributed by atoms with Crippen LogP contribution in [0.3, 0.4) is 0 Å². The van der Waals surface area contributed by atoms with Crippen LogP contribution in [0.4, 0.5) is 11.4 Å². The Bertz CT molecular complexity index is 860. The van der Waals surface area contributed by atoms with Crippen LogP contribution >= 0.6 is 23.2 Å². The van der Waals surface area contributed by atoms with Crippen molar-refractivity contribution in [3.05, 3.63) is 88.4 Å². The zero-order valence-electron chi connectivity index (χ0n) is 13.4. The van der Waals surface area contributed by atoms with E-state index in [1.165, 1.54) is 4.90 Å². The number of hydrogen-bond donors (Lipinski definition) is 0. The highest BCUT2D eigenvalue weighted by molar-refractivity contribution is 6.40. The van der Waals surface area contributed by atoms with Crippen LogP contribution in [0.2, 0.25) is 10.0 Å². The summed E-state index contributed by atoms with van der Waals surface area (Å²) in [7, 11) is 1.59. The summed E-state index contributed by atoms with van der Waals surface area (Å²) in [4.78, 5) is 14.7. The van der Waals surface area contributed by atoms with Gasteiger partial charge in [-0.15, -0.1) is 0 Å². The summed E-state index contributed by atoms with van der Waals surface area (Å²) in [6, 6.07) is 21.3. The molecule has 0 atom stereocenters. The molecule has 0 heterocycles. The van der Waals surface area contributed by atoms with Crippen molar-refractivity contribution in [3.63, 3.8) is 0 Å². The molecule has 0 bridgehead atoms. The molecule has 0 spiro atoms. The van der Waals surface area contributed by atoms with Gasteiger partial charge in [-0.1, -0.05) is 47.5 Å². The normalized spacial score (nSPS) is 10.4. The van der Waals surface area contributed by atoms with E-state index in [9.17, 15) is 4.79 Å². The lowest BCUT2D eigenvalue weighted by Crippen LogP contribution is -2.26. The molecule has 0 aliphatic rings. The smallest absolute Gasteiger partial charge is 0.262 e. The Morgan fingerprint density at radius 2 is 1.44 bits per heavy atom. The lowest BCUT2D eigenvalue weighted by molar-refractivity contribution is 0.0999. The van der Waals surface area contributed by atoms with Gasteiger partial charge in [-0.3, -0.25) is 9.69 Å². The van der Waals surface area contributed by atoms with Crippen molar-refractivity contribution < 1.29 is 9.53 Å². The summed E-state index contributed by atoms with van der Waals surface area (Å²) >= 11 is 12.7. The Hall–Kier alpha value is -2.49. The number of carbonyl (C=O) groups excluding carboxylic acids is 1. The summed E-state index contributed by atoms with van der Waals surface area (Å²) in [6.07, 6.45) is 0. The maximum absolute atomic E-state index is 13.2. The van der Waals surface area contributed by atoms with Crippen molar-refractivity contribution in [2.45, 2.75) is 0 Å². The van der Waals surface area contributed by atoms with Crippen molar-refractivity contribution in [1.29, 1.82) is 0 Å². The first-order valence-corrected chi connectivity index (χ1v) is 8.35. The Labute approximate surface area is 156 Å². The number of nitrogens with zero attached hydrogens (tertiary/aromatic N) is 1. The molecule has 0 unspecified atom stereocenters. The molecule has 5 heteroatoms. The zero-order valence-corrected chi connectivity index (χ0v) is 15.0. The van der Waals surface area contributed by atoms with Gasteiger partial charge in [0.15, 0.2) is 0 Å². The predicted molar refractivity (Wildman–Crippen MR) is 102 cm³/mol. The van der Waals surface area contributed by atoms with E-state index in [0.29, 0.717) is 32.7 Å². The number of carbonyl (C=O) groups is 1. The average molecular weight is 372 g/mol. The lowest BCUT2D eigenvalue weighted by Gasteiger charge is -2.25. The van der Waals surface area contributed by atoms with Crippen LogP contribution in [-0.2, 0) is 0 Å². The van der Waals surface area contributed by atoms with E-state index in [0.717, 1.165) is 0 Å². The van der Waals surface area contributed by atoms with Gasteiger partial charge >= 0.3 is 0 Å². The Morgan fingerprint density at radius 3 is 2.00 bits per heavy atom. The largest absolute Gasteiger partial charge is 0.497 e. The van der Waals surface area contributed by atoms with Gasteiger partial charge in [-0.2, -0.15) is 0 Å². The number of benzene rings is 3. The van der Waals surface area contributed by atoms with Gasteiger partial charge in [0, 0.05) is 11.3 Å². The second-order valence-corrected chi connectivity index (χ2v) is 6.09. The number of anilines is 2. The van der Waals surface area contributed by atoms with E-state index in [-0.39, 0.29) is 5.91 Å².